The summed E-state index contributed by atoms with van der Waals surface area (Å²) >= 11 is 0. The van der Waals surface area contributed by atoms with Gasteiger partial charge in [0.05, 0.1) is 12.3 Å². The van der Waals surface area contributed by atoms with Crippen LogP contribution in [0.3, 0.4) is 0 Å². The molecule has 202 valence electrons. The molecule has 7 nitrogen and oxygen atoms in total. The number of benzene rings is 1. The van der Waals surface area contributed by atoms with Gasteiger partial charge < -0.3 is 29.5 Å². The van der Waals surface area contributed by atoms with Crippen molar-refractivity contribution >= 4 is 11.5 Å². The summed E-state index contributed by atoms with van der Waals surface area (Å²) in [4.78, 5) is 18.6. The first kappa shape index (κ1) is 25.4. The number of ketones is 1. The second-order valence-corrected chi connectivity index (χ2v) is 11.6. The molecule has 2 heterocycles. The number of carbonyl (C=O) groups is 1. The van der Waals surface area contributed by atoms with Crippen LogP contribution in [-0.2, 0) is 9.53 Å². The number of rotatable bonds is 6. The lowest BCUT2D eigenvalue weighted by molar-refractivity contribution is -0.137. The first-order valence-electron chi connectivity index (χ1n) is 13.7. The van der Waals surface area contributed by atoms with Gasteiger partial charge in [0.15, 0.2) is 11.4 Å². The fourth-order valence-corrected chi connectivity index (χ4v) is 7.80. The van der Waals surface area contributed by atoms with Crippen molar-refractivity contribution in [2.45, 2.75) is 57.0 Å². The van der Waals surface area contributed by atoms with Gasteiger partial charge in [-0.25, -0.2) is 0 Å². The molecule has 6 rings (SSSR count). The Morgan fingerprint density at radius 2 is 1.97 bits per heavy atom. The fraction of sp³-hybridized carbons (Fsp3) is 0.516. The van der Waals surface area contributed by atoms with Gasteiger partial charge in [-0.05, 0) is 75.7 Å². The summed E-state index contributed by atoms with van der Waals surface area (Å²) in [7, 11) is 5.97. The van der Waals surface area contributed by atoms with Crippen LogP contribution in [0.5, 0.6) is 5.75 Å². The van der Waals surface area contributed by atoms with Gasteiger partial charge in [0.1, 0.15) is 23.7 Å². The van der Waals surface area contributed by atoms with Gasteiger partial charge in [-0.3, -0.25) is 4.79 Å². The molecule has 2 N–H and O–H groups in total. The summed E-state index contributed by atoms with van der Waals surface area (Å²) in [6.45, 7) is 5.19. The van der Waals surface area contributed by atoms with Crippen molar-refractivity contribution in [1.82, 2.24) is 9.80 Å². The Labute approximate surface area is 224 Å². The van der Waals surface area contributed by atoms with Gasteiger partial charge in [0.2, 0.25) is 0 Å². The van der Waals surface area contributed by atoms with Crippen LogP contribution in [0.4, 0.5) is 0 Å². The summed E-state index contributed by atoms with van der Waals surface area (Å²) in [6.07, 6.45) is 6.60. The quantitative estimate of drug-likeness (QED) is 0.442. The second-order valence-electron chi connectivity index (χ2n) is 11.6. The van der Waals surface area contributed by atoms with E-state index in [1.165, 1.54) is 0 Å². The van der Waals surface area contributed by atoms with Crippen molar-refractivity contribution in [3.63, 3.8) is 0 Å². The monoisotopic (exact) mass is 518 g/mol. The summed E-state index contributed by atoms with van der Waals surface area (Å²) in [6, 6.07) is 7.98. The van der Waals surface area contributed by atoms with Gasteiger partial charge in [0, 0.05) is 49.0 Å². The minimum Gasteiger partial charge on any atom is -0.494 e. The van der Waals surface area contributed by atoms with Crippen LogP contribution in [0.15, 0.2) is 65.0 Å². The lowest BCUT2D eigenvalue weighted by atomic mass is 9.51. The molecule has 2 fully saturated rings. The molecular formula is C31H38N2O5. The van der Waals surface area contributed by atoms with E-state index < -0.39 is 23.2 Å². The largest absolute Gasteiger partial charge is 0.494 e. The fourth-order valence-electron chi connectivity index (χ4n) is 7.80. The predicted octanol–water partition coefficient (Wildman–Crippen LogP) is 3.30. The smallest absolute Gasteiger partial charge is 0.200 e. The van der Waals surface area contributed by atoms with E-state index in [2.05, 4.69) is 24.1 Å². The number of Topliss-reactive ketones (excluding diaryl/α,β-unsaturated/α-hetero) is 1. The van der Waals surface area contributed by atoms with Crippen LogP contribution in [0.25, 0.3) is 5.70 Å². The first-order chi connectivity index (χ1) is 18.1. The second kappa shape index (κ2) is 8.83. The van der Waals surface area contributed by atoms with E-state index in [-0.39, 0.29) is 18.1 Å². The van der Waals surface area contributed by atoms with Crippen LogP contribution in [0.1, 0.15) is 38.7 Å². The molecule has 1 saturated heterocycles. The SMILES string of the molecule is CCOc1ccc(C(=C(C)C(=O)C2(O)CC=C3C[C@@H]4[C@@H]5C=C[C@H](O)[C@@H]6OC2=C3[C@]56CCN4C)N(C)C)cc1. The molecule has 1 aromatic rings. The molecule has 7 heteroatoms. The standard InChI is InChI=1S/C31H38N2O5/c1-6-37-21-9-7-19(8-10-21)26(32(3)4)18(2)27(35)31(36)14-13-20-17-23-22-11-12-24(34)28-30(22,15-16-33(23)5)25(20)29(31)38-28/h7-13,22-24,28,34,36H,6,14-17H2,1-5H3/t22-,23+,24-,28-,30-,31?/m0/s1. The third-order valence-corrected chi connectivity index (χ3v) is 9.45. The number of aliphatic hydroxyl groups excluding tert-OH is 1. The molecule has 3 aliphatic carbocycles. The minimum absolute atomic E-state index is 0.161. The molecule has 0 radical (unpaired) electrons. The average molecular weight is 519 g/mol. The molecular weight excluding hydrogens is 480 g/mol. The van der Waals surface area contributed by atoms with Crippen LogP contribution in [0, 0.1) is 11.3 Å². The number of hydrogen-bond acceptors (Lipinski definition) is 7. The number of carbonyl (C=O) groups excluding carboxylic acids is 1. The summed E-state index contributed by atoms with van der Waals surface area (Å²) in [5.74, 6) is 0.946. The Balaban J connectivity index is 1.44. The molecule has 1 spiro atoms. The van der Waals surface area contributed by atoms with Crippen molar-refractivity contribution in [2.24, 2.45) is 11.3 Å². The average Bonchev–Trinajstić information content (AvgIpc) is 3.26. The zero-order chi connectivity index (χ0) is 27.0. The van der Waals surface area contributed by atoms with Crippen molar-refractivity contribution in [3.05, 3.63) is 70.5 Å². The van der Waals surface area contributed by atoms with Crippen LogP contribution < -0.4 is 4.74 Å². The highest BCUT2D eigenvalue weighted by Crippen LogP contribution is 2.66. The van der Waals surface area contributed by atoms with Crippen LogP contribution >= 0.6 is 0 Å². The number of nitrogens with zero attached hydrogens (tertiary/aromatic N) is 2. The third kappa shape index (κ3) is 3.34. The first-order valence-corrected chi connectivity index (χ1v) is 13.7. The number of likely N-dealkylation sites (tertiary alicyclic amines) is 1. The van der Waals surface area contributed by atoms with Crippen LogP contribution in [-0.4, -0.2) is 83.9 Å². The van der Waals surface area contributed by atoms with E-state index in [1.54, 1.807) is 6.92 Å². The highest BCUT2D eigenvalue weighted by molar-refractivity contribution is 6.09. The lowest BCUT2D eigenvalue weighted by Gasteiger charge is -2.58. The van der Waals surface area contributed by atoms with E-state index in [0.29, 0.717) is 24.0 Å². The van der Waals surface area contributed by atoms with Crippen molar-refractivity contribution in [2.75, 3.05) is 34.3 Å². The number of piperidine rings is 1. The summed E-state index contributed by atoms with van der Waals surface area (Å²) < 4.78 is 12.1. The maximum Gasteiger partial charge on any atom is 0.200 e. The van der Waals surface area contributed by atoms with Crippen molar-refractivity contribution < 1.29 is 24.5 Å². The highest BCUT2D eigenvalue weighted by atomic mass is 16.5. The Hall–Kier alpha value is -2.87. The van der Waals surface area contributed by atoms with Crippen molar-refractivity contribution in [3.8, 4) is 5.75 Å². The molecule has 1 saturated carbocycles. The summed E-state index contributed by atoms with van der Waals surface area (Å²) in [5, 5.41) is 23.3. The molecule has 38 heavy (non-hydrogen) atoms. The van der Waals surface area contributed by atoms with E-state index in [9.17, 15) is 15.0 Å². The molecule has 2 bridgehead atoms. The van der Waals surface area contributed by atoms with Crippen LogP contribution in [0.2, 0.25) is 0 Å². The molecule has 2 aliphatic heterocycles. The maximum absolute atomic E-state index is 14.3. The number of aliphatic hydroxyl groups is 2. The Morgan fingerprint density at radius 1 is 1.24 bits per heavy atom. The topological polar surface area (TPSA) is 82.5 Å². The molecule has 1 unspecified atom stereocenters. The molecule has 5 aliphatic rings. The van der Waals surface area contributed by atoms with E-state index in [4.69, 9.17) is 9.47 Å². The zero-order valence-corrected chi connectivity index (χ0v) is 22.9. The van der Waals surface area contributed by atoms with Gasteiger partial charge in [-0.2, -0.15) is 0 Å². The molecule has 1 aromatic carbocycles. The van der Waals surface area contributed by atoms with Gasteiger partial charge >= 0.3 is 0 Å². The molecule has 6 atom stereocenters. The van der Waals surface area contributed by atoms with Gasteiger partial charge in [-0.15, -0.1) is 0 Å². The van der Waals surface area contributed by atoms with Gasteiger partial charge in [-0.1, -0.05) is 18.2 Å². The summed E-state index contributed by atoms with van der Waals surface area (Å²) in [5.41, 5.74) is 1.97. The normalized spacial score (nSPS) is 35.7. The Bertz CT molecular complexity index is 1290. The Morgan fingerprint density at radius 3 is 2.66 bits per heavy atom. The predicted molar refractivity (Wildman–Crippen MR) is 145 cm³/mol. The van der Waals surface area contributed by atoms with E-state index in [1.807, 2.05) is 56.3 Å². The van der Waals surface area contributed by atoms with Crippen molar-refractivity contribution in [1.29, 1.82) is 0 Å². The molecule has 0 aromatic heterocycles. The molecule has 0 amide bonds. The third-order valence-electron chi connectivity index (χ3n) is 9.45. The number of hydrogen-bond donors (Lipinski definition) is 2. The highest BCUT2D eigenvalue weighted by Gasteiger charge is 2.68. The zero-order valence-electron chi connectivity index (χ0n) is 22.9. The Kier molecular flexibility index (Phi) is 5.91. The maximum atomic E-state index is 14.3. The lowest BCUT2D eigenvalue weighted by Crippen LogP contribution is -2.62. The van der Waals surface area contributed by atoms with E-state index >= 15 is 0 Å². The minimum atomic E-state index is -1.82. The van der Waals surface area contributed by atoms with E-state index in [0.717, 1.165) is 47.5 Å². The van der Waals surface area contributed by atoms with Gasteiger partial charge in [0.25, 0.3) is 0 Å². The number of ether oxygens (including phenoxy) is 2.